The van der Waals surface area contributed by atoms with Gasteiger partial charge in [-0.1, -0.05) is 0 Å². The molecule has 3 rings (SSSR count). The zero-order chi connectivity index (χ0) is 15.7. The molecule has 0 spiro atoms. The van der Waals surface area contributed by atoms with Crippen molar-refractivity contribution >= 4 is 11.8 Å². The fourth-order valence-electron chi connectivity index (χ4n) is 3.66. The van der Waals surface area contributed by atoms with Crippen LogP contribution in [0.1, 0.15) is 44.3 Å². The molecule has 3 heterocycles. The number of nitrogens with zero attached hydrogens (tertiary/aromatic N) is 5. The fourth-order valence-corrected chi connectivity index (χ4v) is 3.66. The van der Waals surface area contributed by atoms with Crippen LogP contribution in [0.15, 0.2) is 6.33 Å². The summed E-state index contributed by atoms with van der Waals surface area (Å²) in [4.78, 5) is 28.1. The average molecular weight is 305 g/mol. The van der Waals surface area contributed by atoms with Crippen LogP contribution in [0.5, 0.6) is 0 Å². The molecule has 2 saturated heterocycles. The molecule has 120 valence electrons. The quantitative estimate of drug-likeness (QED) is 0.799. The largest absolute Gasteiger partial charge is 0.340 e. The minimum absolute atomic E-state index is 0.00212. The van der Waals surface area contributed by atoms with Gasteiger partial charge in [-0.2, -0.15) is 0 Å². The molecule has 0 radical (unpaired) electrons. The maximum absolute atomic E-state index is 12.8. The third-order valence-electron chi connectivity index (χ3n) is 4.79. The van der Waals surface area contributed by atoms with Crippen molar-refractivity contribution in [2.24, 2.45) is 7.05 Å². The summed E-state index contributed by atoms with van der Waals surface area (Å²) < 4.78 is 1.93. The zero-order valence-electron chi connectivity index (χ0n) is 13.2. The van der Waals surface area contributed by atoms with Gasteiger partial charge in [0.2, 0.25) is 11.8 Å². The normalized spacial score (nSPS) is 25.5. The predicted molar refractivity (Wildman–Crippen MR) is 80.0 cm³/mol. The first kappa shape index (κ1) is 15.0. The van der Waals surface area contributed by atoms with E-state index in [-0.39, 0.29) is 23.8 Å². The smallest absolute Gasteiger partial charge is 0.245 e. The van der Waals surface area contributed by atoms with Crippen LogP contribution in [0, 0.1) is 0 Å². The third-order valence-corrected chi connectivity index (χ3v) is 4.79. The van der Waals surface area contributed by atoms with Gasteiger partial charge in [-0.3, -0.25) is 9.59 Å². The van der Waals surface area contributed by atoms with E-state index in [0.29, 0.717) is 13.1 Å². The highest BCUT2D eigenvalue weighted by Gasteiger charge is 2.37. The van der Waals surface area contributed by atoms with E-state index in [0.717, 1.165) is 38.1 Å². The first-order valence-electron chi connectivity index (χ1n) is 7.98. The van der Waals surface area contributed by atoms with Gasteiger partial charge in [0, 0.05) is 39.5 Å². The number of carbonyl (C=O) groups excluding carboxylic acids is 2. The molecule has 0 saturated carbocycles. The number of piperidine rings is 1. The van der Waals surface area contributed by atoms with E-state index < -0.39 is 0 Å². The van der Waals surface area contributed by atoms with Gasteiger partial charge in [-0.15, -0.1) is 10.2 Å². The molecule has 22 heavy (non-hydrogen) atoms. The molecule has 0 aromatic carbocycles. The number of aryl methyl sites for hydroxylation is 1. The second kappa shape index (κ2) is 6.06. The first-order chi connectivity index (χ1) is 10.6. The summed E-state index contributed by atoms with van der Waals surface area (Å²) in [6.45, 7) is 3.69. The van der Waals surface area contributed by atoms with Crippen molar-refractivity contribution < 1.29 is 9.59 Å². The van der Waals surface area contributed by atoms with Crippen LogP contribution >= 0.6 is 0 Å². The number of hydrogen-bond acceptors (Lipinski definition) is 4. The Balaban J connectivity index is 1.70. The fraction of sp³-hybridized carbons (Fsp3) is 0.733. The van der Waals surface area contributed by atoms with E-state index >= 15 is 0 Å². The highest BCUT2D eigenvalue weighted by Crippen LogP contribution is 2.27. The molecule has 2 fully saturated rings. The minimum atomic E-state index is -0.268. The summed E-state index contributed by atoms with van der Waals surface area (Å²) in [6, 6.07) is -0.268. The van der Waals surface area contributed by atoms with Crippen molar-refractivity contribution in [1.82, 2.24) is 24.6 Å². The molecule has 7 nitrogen and oxygen atoms in total. The van der Waals surface area contributed by atoms with Crippen LogP contribution in [0.2, 0.25) is 0 Å². The maximum Gasteiger partial charge on any atom is 0.245 e. The molecule has 2 aliphatic rings. The van der Waals surface area contributed by atoms with Gasteiger partial charge >= 0.3 is 0 Å². The summed E-state index contributed by atoms with van der Waals surface area (Å²) in [5.74, 6) is 1.27. The molecule has 2 atom stereocenters. The van der Waals surface area contributed by atoms with Crippen LogP contribution < -0.4 is 0 Å². The summed E-state index contributed by atoms with van der Waals surface area (Å²) in [5, 5.41) is 8.12. The molecule has 1 aromatic rings. The second-order valence-electron chi connectivity index (χ2n) is 6.29. The number of amides is 2. The van der Waals surface area contributed by atoms with Gasteiger partial charge in [0.1, 0.15) is 18.2 Å². The monoisotopic (exact) mass is 305 g/mol. The van der Waals surface area contributed by atoms with Gasteiger partial charge in [0.25, 0.3) is 0 Å². The number of rotatable bonds is 2. The Labute approximate surface area is 130 Å². The van der Waals surface area contributed by atoms with E-state index in [1.54, 1.807) is 18.2 Å². The van der Waals surface area contributed by atoms with E-state index in [2.05, 4.69) is 10.2 Å². The zero-order valence-corrected chi connectivity index (χ0v) is 13.2. The standard InChI is InChI=1S/C15H23N5O2/c1-11(21)20-8-4-6-13(20)15(22)19-7-3-5-12(9-19)14-17-16-10-18(14)2/h10,12-13H,3-9H2,1-2H3/t12-,13+/m1/s1. The summed E-state index contributed by atoms with van der Waals surface area (Å²) in [6.07, 6.45) is 5.39. The average Bonchev–Trinajstić information content (AvgIpc) is 3.15. The van der Waals surface area contributed by atoms with Gasteiger partial charge in [0.05, 0.1) is 0 Å². The third kappa shape index (κ3) is 2.71. The lowest BCUT2D eigenvalue weighted by atomic mass is 9.96. The van der Waals surface area contributed by atoms with Gasteiger partial charge in [-0.25, -0.2) is 0 Å². The number of aromatic nitrogens is 3. The van der Waals surface area contributed by atoms with Crippen LogP contribution in [-0.2, 0) is 16.6 Å². The van der Waals surface area contributed by atoms with Gasteiger partial charge < -0.3 is 14.4 Å². The van der Waals surface area contributed by atoms with Gasteiger partial charge in [0.15, 0.2) is 0 Å². The SMILES string of the molecule is CC(=O)N1CCC[C@H]1C(=O)N1CCC[C@@H](c2nncn2C)C1. The number of hydrogen-bond donors (Lipinski definition) is 0. The van der Waals surface area contributed by atoms with E-state index in [1.165, 1.54) is 0 Å². The molecule has 0 bridgehead atoms. The highest BCUT2D eigenvalue weighted by atomic mass is 16.2. The Morgan fingerprint density at radius 3 is 2.68 bits per heavy atom. The Hall–Kier alpha value is -1.92. The lowest BCUT2D eigenvalue weighted by molar-refractivity contribution is -0.143. The predicted octanol–water partition coefficient (Wildman–Crippen LogP) is 0.532. The minimum Gasteiger partial charge on any atom is -0.340 e. The van der Waals surface area contributed by atoms with Crippen LogP contribution in [0.25, 0.3) is 0 Å². The molecule has 2 aliphatic heterocycles. The highest BCUT2D eigenvalue weighted by molar-refractivity contribution is 5.87. The number of likely N-dealkylation sites (tertiary alicyclic amines) is 2. The van der Waals surface area contributed by atoms with Crippen molar-refractivity contribution in [1.29, 1.82) is 0 Å². The second-order valence-corrected chi connectivity index (χ2v) is 6.29. The van der Waals surface area contributed by atoms with Crippen LogP contribution in [0.3, 0.4) is 0 Å². The van der Waals surface area contributed by atoms with Crippen molar-refractivity contribution in [2.45, 2.75) is 44.6 Å². The lowest BCUT2D eigenvalue weighted by Gasteiger charge is -2.35. The molecule has 7 heteroatoms. The van der Waals surface area contributed by atoms with Crippen molar-refractivity contribution in [2.75, 3.05) is 19.6 Å². The van der Waals surface area contributed by atoms with Crippen LogP contribution in [-0.4, -0.2) is 62.1 Å². The molecule has 2 amide bonds. The van der Waals surface area contributed by atoms with Crippen molar-refractivity contribution in [3.8, 4) is 0 Å². The lowest BCUT2D eigenvalue weighted by Crippen LogP contribution is -2.50. The van der Waals surface area contributed by atoms with Gasteiger partial charge in [-0.05, 0) is 25.7 Å². The van der Waals surface area contributed by atoms with E-state index in [9.17, 15) is 9.59 Å². The molecular weight excluding hydrogens is 282 g/mol. The number of carbonyl (C=O) groups is 2. The summed E-state index contributed by atoms with van der Waals surface area (Å²) in [7, 11) is 1.94. The molecule has 0 unspecified atom stereocenters. The topological polar surface area (TPSA) is 71.3 Å². The van der Waals surface area contributed by atoms with E-state index in [4.69, 9.17) is 0 Å². The van der Waals surface area contributed by atoms with E-state index in [1.807, 2.05) is 16.5 Å². The Morgan fingerprint density at radius 2 is 2.00 bits per heavy atom. The Bertz CT molecular complexity index is 570. The van der Waals surface area contributed by atoms with Crippen molar-refractivity contribution in [3.63, 3.8) is 0 Å². The molecule has 0 aliphatic carbocycles. The Morgan fingerprint density at radius 1 is 1.23 bits per heavy atom. The molecular formula is C15H23N5O2. The first-order valence-corrected chi connectivity index (χ1v) is 7.98. The summed E-state index contributed by atoms with van der Waals surface area (Å²) in [5.41, 5.74) is 0. The molecule has 0 N–H and O–H groups in total. The Kier molecular flexibility index (Phi) is 4.13. The maximum atomic E-state index is 12.8. The van der Waals surface area contributed by atoms with Crippen molar-refractivity contribution in [3.05, 3.63) is 12.2 Å². The summed E-state index contributed by atoms with van der Waals surface area (Å²) >= 11 is 0. The van der Waals surface area contributed by atoms with Crippen LogP contribution in [0.4, 0.5) is 0 Å². The molecule has 1 aromatic heterocycles.